The van der Waals surface area contributed by atoms with Gasteiger partial charge in [0, 0.05) is 21.5 Å². The van der Waals surface area contributed by atoms with E-state index in [9.17, 15) is 13.2 Å². The van der Waals surface area contributed by atoms with Gasteiger partial charge >= 0.3 is 0 Å². The number of amides is 1. The van der Waals surface area contributed by atoms with Gasteiger partial charge in [-0.05, 0) is 25.1 Å². The summed E-state index contributed by atoms with van der Waals surface area (Å²) in [5.74, 6) is -0.497. The Morgan fingerprint density at radius 3 is 2.35 bits per heavy atom. The number of rotatable bonds is 7. The van der Waals surface area contributed by atoms with E-state index in [0.29, 0.717) is 20.0 Å². The Morgan fingerprint density at radius 2 is 1.77 bits per heavy atom. The number of anilines is 1. The van der Waals surface area contributed by atoms with Gasteiger partial charge in [-0.2, -0.15) is 4.98 Å². The van der Waals surface area contributed by atoms with E-state index in [1.54, 1.807) is 12.1 Å². The summed E-state index contributed by atoms with van der Waals surface area (Å²) in [5, 5.41) is 1.32. The first-order valence-corrected chi connectivity index (χ1v) is 12.0. The maximum atomic E-state index is 13.1. The fourth-order valence-electron chi connectivity index (χ4n) is 2.86. The number of ether oxygens (including phenoxy) is 2. The number of hydrogen-bond donors (Lipinski definition) is 0. The molecule has 2 heterocycles. The molecular weight excluding hydrogens is 462 g/mol. The number of halogens is 1. The number of methoxy groups -OCH3 is 2. The van der Waals surface area contributed by atoms with E-state index < -0.39 is 15.9 Å². The average Bonchev–Trinajstić information content (AvgIpc) is 3.08. The van der Waals surface area contributed by atoms with Gasteiger partial charge in [-0.3, -0.25) is 4.79 Å². The highest BCUT2D eigenvalue weighted by molar-refractivity contribution is 7.92. The summed E-state index contributed by atoms with van der Waals surface area (Å²) in [6, 6.07) is 10.1. The van der Waals surface area contributed by atoms with Crippen molar-refractivity contribution in [2.45, 2.75) is 13.3 Å². The van der Waals surface area contributed by atoms with Crippen LogP contribution in [-0.4, -0.2) is 44.8 Å². The van der Waals surface area contributed by atoms with Gasteiger partial charge in [0.15, 0.2) is 0 Å². The third-order valence-corrected chi connectivity index (χ3v) is 6.67. The molecule has 0 spiro atoms. The summed E-state index contributed by atoms with van der Waals surface area (Å²) in [4.78, 5) is 22.5. The zero-order chi connectivity index (χ0) is 22.8. The van der Waals surface area contributed by atoms with Crippen molar-refractivity contribution in [1.82, 2.24) is 9.97 Å². The van der Waals surface area contributed by atoms with Crippen molar-refractivity contribution < 1.29 is 22.7 Å². The van der Waals surface area contributed by atoms with Crippen LogP contribution in [0.4, 0.5) is 5.69 Å². The molecule has 0 N–H and O–H groups in total. The number of sulfonamides is 1. The van der Waals surface area contributed by atoms with E-state index >= 15 is 0 Å². The van der Waals surface area contributed by atoms with Crippen LogP contribution in [0, 0.1) is 6.92 Å². The quantitative estimate of drug-likeness (QED) is 0.507. The summed E-state index contributed by atoms with van der Waals surface area (Å²) in [6.45, 7) is 1.83. The van der Waals surface area contributed by atoms with Crippen LogP contribution in [-0.2, 0) is 21.2 Å². The number of aromatic nitrogens is 2. The van der Waals surface area contributed by atoms with Gasteiger partial charge in [0.25, 0.3) is 0 Å². The van der Waals surface area contributed by atoms with Crippen LogP contribution < -0.4 is 13.8 Å². The number of nitrogens with zero attached hydrogens (tertiary/aromatic N) is 3. The molecule has 0 fully saturated rings. The third-order valence-electron chi connectivity index (χ3n) is 4.30. The Morgan fingerprint density at radius 1 is 1.10 bits per heavy atom. The third kappa shape index (κ3) is 5.15. The minimum atomic E-state index is -3.97. The van der Waals surface area contributed by atoms with Crippen LogP contribution in [0.1, 0.15) is 10.6 Å². The summed E-state index contributed by atoms with van der Waals surface area (Å²) >= 11 is 7.35. The first kappa shape index (κ1) is 23.0. The molecule has 0 atom stereocenters. The van der Waals surface area contributed by atoms with E-state index in [-0.39, 0.29) is 23.9 Å². The second-order valence-corrected chi connectivity index (χ2v) is 9.98. The van der Waals surface area contributed by atoms with Gasteiger partial charge < -0.3 is 9.47 Å². The normalized spacial score (nSPS) is 11.3. The van der Waals surface area contributed by atoms with Crippen LogP contribution in [0.15, 0.2) is 36.4 Å². The number of hydrogen-bond acceptors (Lipinski definition) is 8. The number of aryl methyl sites for hydroxylation is 1. The van der Waals surface area contributed by atoms with E-state index in [4.69, 9.17) is 21.1 Å². The molecule has 11 heteroatoms. The number of pyridine rings is 1. The first-order chi connectivity index (χ1) is 14.6. The molecule has 0 radical (unpaired) electrons. The molecule has 164 valence electrons. The molecule has 0 aliphatic heterocycles. The zero-order valence-electron chi connectivity index (χ0n) is 17.2. The van der Waals surface area contributed by atoms with Crippen LogP contribution in [0.2, 0.25) is 5.02 Å². The molecule has 0 saturated heterocycles. The molecule has 3 rings (SSSR count). The first-order valence-electron chi connectivity index (χ1n) is 8.98. The largest absolute Gasteiger partial charge is 0.481 e. The summed E-state index contributed by atoms with van der Waals surface area (Å²) < 4.78 is 35.9. The molecule has 1 aromatic carbocycles. The lowest BCUT2D eigenvalue weighted by atomic mass is 10.2. The second-order valence-electron chi connectivity index (χ2n) is 6.51. The van der Waals surface area contributed by atoms with Gasteiger partial charge in [0.1, 0.15) is 10.7 Å². The van der Waals surface area contributed by atoms with E-state index in [1.807, 2.05) is 19.1 Å². The van der Waals surface area contributed by atoms with Gasteiger partial charge in [0.2, 0.25) is 27.7 Å². The maximum absolute atomic E-state index is 13.1. The standard InChI is InChI=1S/C20H20ClN3O5S2/c1-12-15(22-20(30-12)13-5-7-14(21)8-6-13)11-18(25)24(31(4,26)27)16-9-10-17(28-2)23-19(16)29-3/h5-10H,11H2,1-4H3. The Balaban J connectivity index is 1.95. The molecule has 0 unspecified atom stereocenters. The van der Waals surface area contributed by atoms with Gasteiger partial charge in [-0.15, -0.1) is 11.3 Å². The number of carbonyl (C=O) groups excluding carboxylic acids is 1. The van der Waals surface area contributed by atoms with Crippen molar-refractivity contribution in [1.29, 1.82) is 0 Å². The lowest BCUT2D eigenvalue weighted by Gasteiger charge is -2.21. The van der Waals surface area contributed by atoms with Crippen molar-refractivity contribution in [3.8, 4) is 22.3 Å². The van der Waals surface area contributed by atoms with Crippen LogP contribution in [0.3, 0.4) is 0 Å². The van der Waals surface area contributed by atoms with Crippen LogP contribution in [0.25, 0.3) is 10.6 Å². The number of carbonyl (C=O) groups is 1. The second kappa shape index (κ2) is 9.21. The topological polar surface area (TPSA) is 98.7 Å². The predicted octanol–water partition coefficient (Wildman–Crippen LogP) is 3.72. The zero-order valence-corrected chi connectivity index (χ0v) is 19.6. The summed E-state index contributed by atoms with van der Waals surface area (Å²) in [6.07, 6.45) is 0.736. The van der Waals surface area contributed by atoms with Crippen LogP contribution in [0.5, 0.6) is 11.8 Å². The minimum absolute atomic E-state index is 0.00149. The number of benzene rings is 1. The Kier molecular flexibility index (Phi) is 6.83. The van der Waals surface area contributed by atoms with Gasteiger partial charge in [-0.1, -0.05) is 23.7 Å². The smallest absolute Gasteiger partial charge is 0.246 e. The number of thiazole rings is 1. The molecule has 2 aromatic heterocycles. The summed E-state index contributed by atoms with van der Waals surface area (Å²) in [5.41, 5.74) is 1.35. The fraction of sp³-hybridized carbons (Fsp3) is 0.250. The summed E-state index contributed by atoms with van der Waals surface area (Å²) in [7, 11) is -1.22. The SMILES string of the molecule is COc1ccc(N(C(=O)Cc2nc(-c3ccc(Cl)cc3)sc2C)S(C)(=O)=O)c(OC)n1. The van der Waals surface area contributed by atoms with Crippen molar-refractivity contribution in [2.24, 2.45) is 0 Å². The van der Waals surface area contributed by atoms with Crippen molar-refractivity contribution in [3.63, 3.8) is 0 Å². The molecule has 0 bridgehead atoms. The van der Waals surface area contributed by atoms with Crippen molar-refractivity contribution in [3.05, 3.63) is 52.0 Å². The lowest BCUT2D eigenvalue weighted by Crippen LogP contribution is -2.37. The van der Waals surface area contributed by atoms with Crippen molar-refractivity contribution >= 4 is 44.6 Å². The molecule has 31 heavy (non-hydrogen) atoms. The van der Waals surface area contributed by atoms with Gasteiger partial charge in [0.05, 0.1) is 32.6 Å². The fourth-order valence-corrected chi connectivity index (χ4v) is 4.85. The molecule has 0 saturated carbocycles. The predicted molar refractivity (Wildman–Crippen MR) is 121 cm³/mol. The Bertz CT molecular complexity index is 1210. The van der Waals surface area contributed by atoms with E-state index in [0.717, 1.165) is 16.7 Å². The monoisotopic (exact) mass is 481 g/mol. The molecule has 3 aromatic rings. The molecular formula is C20H20ClN3O5S2. The highest BCUT2D eigenvalue weighted by Gasteiger charge is 2.30. The Labute approximate surface area is 189 Å². The highest BCUT2D eigenvalue weighted by atomic mass is 35.5. The Hall–Kier alpha value is -2.69. The minimum Gasteiger partial charge on any atom is -0.481 e. The molecule has 8 nitrogen and oxygen atoms in total. The van der Waals surface area contributed by atoms with Crippen molar-refractivity contribution in [2.75, 3.05) is 24.8 Å². The van der Waals surface area contributed by atoms with E-state index in [2.05, 4.69) is 9.97 Å². The lowest BCUT2D eigenvalue weighted by molar-refractivity contribution is -0.116. The van der Waals surface area contributed by atoms with Gasteiger partial charge in [-0.25, -0.2) is 17.7 Å². The average molecular weight is 482 g/mol. The molecule has 0 aliphatic rings. The molecule has 0 aliphatic carbocycles. The maximum Gasteiger partial charge on any atom is 0.246 e. The molecule has 1 amide bonds. The van der Waals surface area contributed by atoms with Crippen LogP contribution >= 0.6 is 22.9 Å². The highest BCUT2D eigenvalue weighted by Crippen LogP contribution is 2.32. The van der Waals surface area contributed by atoms with E-state index in [1.165, 1.54) is 37.7 Å².